The molecular weight excluding hydrogens is 468 g/mol. The van der Waals surface area contributed by atoms with Crippen LogP contribution in [0.2, 0.25) is 0 Å². The molecule has 0 spiro atoms. The number of ether oxygens (including phenoxy) is 2. The zero-order valence-electron chi connectivity index (χ0n) is 19.6. The fourth-order valence-electron chi connectivity index (χ4n) is 3.53. The van der Waals surface area contributed by atoms with Gasteiger partial charge in [0, 0.05) is 16.8 Å². The van der Waals surface area contributed by atoms with Crippen LogP contribution in [-0.2, 0) is 12.5 Å². The average molecular weight is 490 g/mol. The average Bonchev–Trinajstić information content (AvgIpc) is 2.79. The van der Waals surface area contributed by atoms with Crippen LogP contribution in [0.15, 0.2) is 29.3 Å². The summed E-state index contributed by atoms with van der Waals surface area (Å²) < 4.78 is 67.0. The van der Waals surface area contributed by atoms with Gasteiger partial charge in [0.2, 0.25) is 11.6 Å². The van der Waals surface area contributed by atoms with Gasteiger partial charge in [-0.1, -0.05) is 0 Å². The van der Waals surface area contributed by atoms with E-state index in [-0.39, 0.29) is 29.3 Å². The minimum Gasteiger partial charge on any atom is -0.481 e. The molecule has 3 rings (SSSR count). The third-order valence-electron chi connectivity index (χ3n) is 5.38. The molecule has 1 aromatic carbocycles. The third kappa shape index (κ3) is 4.96. The lowest BCUT2D eigenvalue weighted by molar-refractivity contribution is -0.139. The zero-order chi connectivity index (χ0) is 26.1. The number of nitrogens with zero attached hydrogens (tertiary/aromatic N) is 4. The summed E-state index contributed by atoms with van der Waals surface area (Å²) in [6.45, 7) is 6.42. The topological polar surface area (TPSA) is 90.0 Å². The number of hydrogen-bond donors (Lipinski definition) is 0. The third-order valence-corrected chi connectivity index (χ3v) is 5.38. The van der Waals surface area contributed by atoms with Crippen LogP contribution >= 0.6 is 0 Å². The molecular formula is C24H22F4N4O3. The first-order valence-electron chi connectivity index (χ1n) is 10.4. The Bertz CT molecular complexity index is 1380. The first kappa shape index (κ1) is 25.7. The van der Waals surface area contributed by atoms with E-state index in [1.807, 2.05) is 6.07 Å². The van der Waals surface area contributed by atoms with E-state index in [1.165, 1.54) is 26.2 Å². The number of aromatic nitrogens is 3. The molecule has 7 nitrogen and oxygen atoms in total. The SMILES string of the molecule is COc1nc(C)cc(C)c1Cn1cnc(C(F)(F)C(F)F)c(Oc2cc(C)cc(C#N)c2C)c1=O. The summed E-state index contributed by atoms with van der Waals surface area (Å²) in [5, 5.41) is 9.33. The van der Waals surface area contributed by atoms with Crippen LogP contribution < -0.4 is 15.0 Å². The summed E-state index contributed by atoms with van der Waals surface area (Å²) in [6, 6.07) is 6.63. The van der Waals surface area contributed by atoms with E-state index in [4.69, 9.17) is 9.47 Å². The molecule has 184 valence electrons. The number of rotatable bonds is 7. The first-order valence-corrected chi connectivity index (χ1v) is 10.4. The van der Waals surface area contributed by atoms with E-state index < -0.39 is 29.4 Å². The van der Waals surface area contributed by atoms with E-state index in [0.717, 1.165) is 10.9 Å². The molecule has 0 radical (unpaired) electrons. The Morgan fingerprint density at radius 2 is 1.86 bits per heavy atom. The number of nitriles is 1. The highest BCUT2D eigenvalue weighted by Crippen LogP contribution is 2.39. The smallest absolute Gasteiger partial charge is 0.352 e. The van der Waals surface area contributed by atoms with Gasteiger partial charge < -0.3 is 9.47 Å². The molecule has 0 bridgehead atoms. The summed E-state index contributed by atoms with van der Waals surface area (Å²) in [5.74, 6) is -5.71. The first-order chi connectivity index (χ1) is 16.4. The predicted molar refractivity (Wildman–Crippen MR) is 118 cm³/mol. The van der Waals surface area contributed by atoms with Crippen molar-refractivity contribution < 1.29 is 27.0 Å². The van der Waals surface area contributed by atoms with E-state index in [1.54, 1.807) is 26.8 Å². The second kappa shape index (κ2) is 9.74. The number of halogens is 4. The largest absolute Gasteiger partial charge is 0.481 e. The number of alkyl halides is 4. The number of aryl methyl sites for hydroxylation is 3. The molecule has 2 aromatic heterocycles. The Kier molecular flexibility index (Phi) is 7.14. The second-order valence-corrected chi connectivity index (χ2v) is 8.00. The fraction of sp³-hybridized carbons (Fsp3) is 0.333. The van der Waals surface area contributed by atoms with Crippen molar-refractivity contribution >= 4 is 0 Å². The van der Waals surface area contributed by atoms with Crippen LogP contribution in [-0.4, -0.2) is 28.1 Å². The summed E-state index contributed by atoms with van der Waals surface area (Å²) >= 11 is 0. The van der Waals surface area contributed by atoms with Gasteiger partial charge in [-0.2, -0.15) is 14.0 Å². The highest BCUT2D eigenvalue weighted by Gasteiger charge is 2.48. The van der Waals surface area contributed by atoms with Crippen molar-refractivity contribution in [3.63, 3.8) is 0 Å². The molecule has 0 aliphatic rings. The number of hydrogen-bond acceptors (Lipinski definition) is 6. The van der Waals surface area contributed by atoms with Gasteiger partial charge in [0.25, 0.3) is 5.56 Å². The molecule has 3 aromatic rings. The molecule has 0 aliphatic carbocycles. The summed E-state index contributed by atoms with van der Waals surface area (Å²) in [5.41, 5.74) is 0.193. The normalized spacial score (nSPS) is 11.5. The lowest BCUT2D eigenvalue weighted by Crippen LogP contribution is -2.32. The molecule has 2 heterocycles. The van der Waals surface area contributed by atoms with Crippen molar-refractivity contribution in [2.24, 2.45) is 0 Å². The van der Waals surface area contributed by atoms with Crippen LogP contribution in [0.5, 0.6) is 17.4 Å². The van der Waals surface area contributed by atoms with E-state index in [0.29, 0.717) is 22.4 Å². The van der Waals surface area contributed by atoms with E-state index in [2.05, 4.69) is 9.97 Å². The van der Waals surface area contributed by atoms with Gasteiger partial charge in [-0.05, 0) is 57.0 Å². The lowest BCUT2D eigenvalue weighted by atomic mass is 10.1. The fourth-order valence-corrected chi connectivity index (χ4v) is 3.53. The van der Waals surface area contributed by atoms with Gasteiger partial charge in [-0.25, -0.2) is 18.7 Å². The van der Waals surface area contributed by atoms with Gasteiger partial charge in [-0.3, -0.25) is 9.36 Å². The maximum Gasteiger partial charge on any atom is 0.352 e. The quantitative estimate of drug-likeness (QED) is 0.436. The van der Waals surface area contributed by atoms with Crippen LogP contribution in [0.4, 0.5) is 17.6 Å². The molecule has 0 aliphatic heterocycles. The summed E-state index contributed by atoms with van der Waals surface area (Å²) in [7, 11) is 1.39. The Labute approximate surface area is 198 Å². The van der Waals surface area contributed by atoms with Gasteiger partial charge >= 0.3 is 12.3 Å². The Balaban J connectivity index is 2.23. The number of pyridine rings is 1. The van der Waals surface area contributed by atoms with Crippen molar-refractivity contribution in [1.29, 1.82) is 5.26 Å². The van der Waals surface area contributed by atoms with Gasteiger partial charge in [0.1, 0.15) is 5.75 Å². The van der Waals surface area contributed by atoms with Gasteiger partial charge in [0.15, 0.2) is 5.69 Å². The maximum absolute atomic E-state index is 14.4. The van der Waals surface area contributed by atoms with Crippen LogP contribution in [0.1, 0.15) is 39.2 Å². The number of methoxy groups -OCH3 is 1. The van der Waals surface area contributed by atoms with Crippen molar-refractivity contribution in [2.45, 2.75) is 46.6 Å². The minimum atomic E-state index is -4.76. The van der Waals surface area contributed by atoms with Crippen molar-refractivity contribution in [2.75, 3.05) is 7.11 Å². The maximum atomic E-state index is 14.4. The number of benzene rings is 1. The highest BCUT2D eigenvalue weighted by atomic mass is 19.3. The molecule has 11 heteroatoms. The molecule has 0 saturated heterocycles. The molecule has 0 unspecified atom stereocenters. The molecule has 0 atom stereocenters. The molecule has 0 amide bonds. The molecule has 0 N–H and O–H groups in total. The molecule has 0 saturated carbocycles. The Morgan fingerprint density at radius 1 is 1.17 bits per heavy atom. The van der Waals surface area contributed by atoms with Crippen molar-refractivity contribution in [3.05, 3.63) is 74.1 Å². The zero-order valence-corrected chi connectivity index (χ0v) is 19.6. The van der Waals surface area contributed by atoms with Crippen LogP contribution in [0.3, 0.4) is 0 Å². The predicted octanol–water partition coefficient (Wildman–Crippen LogP) is 4.95. The van der Waals surface area contributed by atoms with Crippen LogP contribution in [0, 0.1) is 39.0 Å². The van der Waals surface area contributed by atoms with Gasteiger partial charge in [0.05, 0.1) is 31.6 Å². The van der Waals surface area contributed by atoms with Crippen LogP contribution in [0.25, 0.3) is 0 Å². The van der Waals surface area contributed by atoms with E-state index in [9.17, 15) is 27.6 Å². The van der Waals surface area contributed by atoms with Crippen molar-refractivity contribution in [3.8, 4) is 23.4 Å². The summed E-state index contributed by atoms with van der Waals surface area (Å²) in [4.78, 5) is 21.0. The standard InChI is InChI=1S/C24H22F4N4O3/c1-12-6-16(9-29)15(4)18(7-12)35-19-20(24(27,28)23(25)26)30-11-32(22(19)33)10-17-13(2)8-14(3)31-21(17)34-5/h6-8,11,23H,10H2,1-5H3. The second-order valence-electron chi connectivity index (χ2n) is 8.00. The monoisotopic (exact) mass is 490 g/mol. The molecule has 35 heavy (non-hydrogen) atoms. The highest BCUT2D eigenvalue weighted by molar-refractivity contribution is 5.50. The minimum absolute atomic E-state index is 0.102. The van der Waals surface area contributed by atoms with Gasteiger partial charge in [-0.15, -0.1) is 0 Å². The lowest BCUT2D eigenvalue weighted by Gasteiger charge is -2.20. The Morgan fingerprint density at radius 3 is 2.46 bits per heavy atom. The van der Waals surface area contributed by atoms with Crippen molar-refractivity contribution in [1.82, 2.24) is 14.5 Å². The molecule has 0 fully saturated rings. The van der Waals surface area contributed by atoms with E-state index >= 15 is 0 Å². The Hall–Kier alpha value is -3.94. The summed E-state index contributed by atoms with van der Waals surface area (Å²) in [6.07, 6.45) is -3.38.